The van der Waals surface area contributed by atoms with E-state index in [9.17, 15) is 0 Å². The molecule has 0 amide bonds. The first-order chi connectivity index (χ1) is 11.9. The number of hydrogen-bond donors (Lipinski definition) is 0. The second-order valence-corrected chi connectivity index (χ2v) is 7.21. The number of rotatable bonds is 8. The van der Waals surface area contributed by atoms with Crippen LogP contribution in [0.2, 0.25) is 0 Å². The highest BCUT2D eigenvalue weighted by molar-refractivity contribution is 7.99. The van der Waals surface area contributed by atoms with Crippen LogP contribution in [0.1, 0.15) is 18.3 Å². The maximum atomic E-state index is 4.38. The number of hydrogen-bond acceptors (Lipinski definition) is 6. The van der Waals surface area contributed by atoms with Crippen molar-refractivity contribution in [1.82, 2.24) is 24.7 Å². The molecule has 0 N–H and O–H groups in total. The third kappa shape index (κ3) is 4.58. The van der Waals surface area contributed by atoms with E-state index in [0.29, 0.717) is 0 Å². The van der Waals surface area contributed by atoms with Crippen LogP contribution in [0.3, 0.4) is 0 Å². The molecule has 0 bridgehead atoms. The summed E-state index contributed by atoms with van der Waals surface area (Å²) in [6.45, 7) is 3.01. The maximum absolute atomic E-state index is 4.38. The van der Waals surface area contributed by atoms with Crippen molar-refractivity contribution in [2.24, 2.45) is 0 Å². The maximum Gasteiger partial charge on any atom is 0.191 e. The van der Waals surface area contributed by atoms with E-state index in [1.165, 1.54) is 5.56 Å². The second-order valence-electron chi connectivity index (χ2n) is 5.04. The fourth-order valence-corrected chi connectivity index (χ4v) is 3.71. The highest BCUT2D eigenvalue weighted by Crippen LogP contribution is 2.22. The molecule has 0 aliphatic carbocycles. The molecule has 5 nitrogen and oxygen atoms in total. The highest BCUT2D eigenvalue weighted by atomic mass is 32.2. The second kappa shape index (κ2) is 8.84. The van der Waals surface area contributed by atoms with Crippen molar-refractivity contribution in [2.75, 3.05) is 5.75 Å². The van der Waals surface area contributed by atoms with Gasteiger partial charge in [0.15, 0.2) is 10.3 Å². The minimum absolute atomic E-state index is 0.718. The summed E-state index contributed by atoms with van der Waals surface area (Å²) in [5.74, 6) is 2.67. The van der Waals surface area contributed by atoms with Gasteiger partial charge in [-0.3, -0.25) is 0 Å². The van der Waals surface area contributed by atoms with Gasteiger partial charge in [0.1, 0.15) is 5.82 Å². The Morgan fingerprint density at radius 2 is 1.75 bits per heavy atom. The molecule has 7 heteroatoms. The lowest BCUT2D eigenvalue weighted by molar-refractivity contribution is 0.615. The van der Waals surface area contributed by atoms with Crippen molar-refractivity contribution in [3.8, 4) is 0 Å². The molecular weight excluding hydrogens is 338 g/mol. The zero-order valence-electron chi connectivity index (χ0n) is 13.5. The molecular formula is C17H19N5S2. The predicted octanol–water partition coefficient (Wildman–Crippen LogP) is 3.72. The molecule has 0 fully saturated rings. The Bertz CT molecular complexity index is 746. The van der Waals surface area contributed by atoms with Crippen molar-refractivity contribution >= 4 is 23.5 Å². The number of nitrogens with zero attached hydrogens (tertiary/aromatic N) is 5. The van der Waals surface area contributed by atoms with E-state index < -0.39 is 0 Å². The molecule has 2 heterocycles. The Balaban J connectivity index is 1.71. The van der Waals surface area contributed by atoms with Gasteiger partial charge in [-0.25, -0.2) is 9.97 Å². The summed E-state index contributed by atoms with van der Waals surface area (Å²) in [6, 6.07) is 12.3. The normalized spacial score (nSPS) is 10.9. The van der Waals surface area contributed by atoms with E-state index in [2.05, 4.69) is 55.9 Å². The quantitative estimate of drug-likeness (QED) is 0.452. The molecule has 3 rings (SSSR count). The van der Waals surface area contributed by atoms with Crippen molar-refractivity contribution in [3.05, 3.63) is 60.2 Å². The van der Waals surface area contributed by atoms with E-state index in [1.807, 2.05) is 12.1 Å². The molecule has 0 radical (unpaired) electrons. The average Bonchev–Trinajstić information content (AvgIpc) is 3.02. The van der Waals surface area contributed by atoms with Crippen molar-refractivity contribution in [2.45, 2.75) is 36.0 Å². The molecule has 0 unspecified atom stereocenters. The van der Waals surface area contributed by atoms with Crippen LogP contribution < -0.4 is 0 Å². The van der Waals surface area contributed by atoms with Gasteiger partial charge in [0.2, 0.25) is 0 Å². The van der Waals surface area contributed by atoms with Crippen LogP contribution in [0.25, 0.3) is 0 Å². The Kier molecular flexibility index (Phi) is 6.26. The molecule has 124 valence electrons. The molecule has 24 heavy (non-hydrogen) atoms. The first kappa shape index (κ1) is 17.0. The van der Waals surface area contributed by atoms with Gasteiger partial charge < -0.3 is 4.57 Å². The minimum atomic E-state index is 0.718. The molecule has 0 spiro atoms. The number of benzene rings is 1. The first-order valence-corrected chi connectivity index (χ1v) is 9.82. The minimum Gasteiger partial charge on any atom is -0.305 e. The standard InChI is InChI=1S/C17H19N5S2/c1-2-23-17-21-20-15(13-24-16-18-10-6-11-19-16)22(17)12-9-14-7-4-3-5-8-14/h3-8,10-11H,2,9,12-13H2,1H3. The summed E-state index contributed by atoms with van der Waals surface area (Å²) in [7, 11) is 0. The summed E-state index contributed by atoms with van der Waals surface area (Å²) in [4.78, 5) is 8.50. The van der Waals surface area contributed by atoms with Gasteiger partial charge in [-0.2, -0.15) is 0 Å². The fourth-order valence-electron chi connectivity index (χ4n) is 2.26. The number of aromatic nitrogens is 5. The Hall–Kier alpha value is -1.86. The van der Waals surface area contributed by atoms with Gasteiger partial charge in [0.25, 0.3) is 0 Å². The largest absolute Gasteiger partial charge is 0.305 e. The van der Waals surface area contributed by atoms with Crippen LogP contribution in [0.5, 0.6) is 0 Å². The van der Waals surface area contributed by atoms with Gasteiger partial charge in [-0.15, -0.1) is 10.2 Å². The van der Waals surface area contributed by atoms with E-state index in [4.69, 9.17) is 0 Å². The van der Waals surface area contributed by atoms with Crippen molar-refractivity contribution < 1.29 is 0 Å². The Labute approximate surface area is 150 Å². The van der Waals surface area contributed by atoms with Crippen molar-refractivity contribution in [3.63, 3.8) is 0 Å². The topological polar surface area (TPSA) is 56.5 Å². The molecule has 0 aliphatic rings. The lowest BCUT2D eigenvalue weighted by Crippen LogP contribution is -2.07. The Morgan fingerprint density at radius 3 is 2.50 bits per heavy atom. The van der Waals surface area contributed by atoms with Crippen LogP contribution in [0, 0.1) is 0 Å². The smallest absolute Gasteiger partial charge is 0.191 e. The highest BCUT2D eigenvalue weighted by Gasteiger charge is 2.13. The first-order valence-electron chi connectivity index (χ1n) is 7.85. The third-order valence-electron chi connectivity index (χ3n) is 3.41. The molecule has 3 aromatic rings. The van der Waals surface area contributed by atoms with Crippen LogP contribution >= 0.6 is 23.5 Å². The lowest BCUT2D eigenvalue weighted by atomic mass is 10.1. The monoisotopic (exact) mass is 357 g/mol. The fraction of sp³-hybridized carbons (Fsp3) is 0.294. The van der Waals surface area contributed by atoms with E-state index >= 15 is 0 Å². The van der Waals surface area contributed by atoms with E-state index in [0.717, 1.165) is 40.6 Å². The van der Waals surface area contributed by atoms with Crippen LogP contribution in [0.15, 0.2) is 59.1 Å². The summed E-state index contributed by atoms with van der Waals surface area (Å²) in [5.41, 5.74) is 1.32. The van der Waals surface area contributed by atoms with Gasteiger partial charge in [-0.1, -0.05) is 60.8 Å². The zero-order valence-corrected chi connectivity index (χ0v) is 15.1. The lowest BCUT2D eigenvalue weighted by Gasteiger charge is -2.09. The van der Waals surface area contributed by atoms with Crippen LogP contribution in [-0.4, -0.2) is 30.5 Å². The molecule has 1 aromatic carbocycles. The van der Waals surface area contributed by atoms with Gasteiger partial charge in [0.05, 0.1) is 5.75 Å². The summed E-state index contributed by atoms with van der Waals surface area (Å²) in [5, 5.41) is 10.5. The summed E-state index contributed by atoms with van der Waals surface area (Å²) >= 11 is 3.31. The molecule has 0 aliphatic heterocycles. The summed E-state index contributed by atoms with van der Waals surface area (Å²) in [6.07, 6.45) is 4.48. The zero-order chi connectivity index (χ0) is 16.6. The van der Waals surface area contributed by atoms with Crippen LogP contribution in [-0.2, 0) is 18.7 Å². The third-order valence-corrected chi connectivity index (χ3v) is 5.13. The van der Waals surface area contributed by atoms with Gasteiger partial charge in [-0.05, 0) is 23.8 Å². The SMILES string of the molecule is CCSc1nnc(CSc2ncccn2)n1CCc1ccccc1. The van der Waals surface area contributed by atoms with Gasteiger partial charge in [0, 0.05) is 18.9 Å². The van der Waals surface area contributed by atoms with E-state index in [-0.39, 0.29) is 0 Å². The predicted molar refractivity (Wildman–Crippen MR) is 98.2 cm³/mol. The Morgan fingerprint density at radius 1 is 0.958 bits per heavy atom. The number of aryl methyl sites for hydroxylation is 1. The van der Waals surface area contributed by atoms with Gasteiger partial charge >= 0.3 is 0 Å². The average molecular weight is 358 g/mol. The van der Waals surface area contributed by atoms with Crippen LogP contribution in [0.4, 0.5) is 0 Å². The molecule has 0 saturated heterocycles. The molecule has 0 saturated carbocycles. The van der Waals surface area contributed by atoms with E-state index in [1.54, 1.807) is 35.9 Å². The molecule has 0 atom stereocenters. The number of thioether (sulfide) groups is 2. The molecule has 2 aromatic heterocycles. The summed E-state index contributed by atoms with van der Waals surface area (Å²) < 4.78 is 2.22. The van der Waals surface area contributed by atoms with Crippen molar-refractivity contribution in [1.29, 1.82) is 0 Å².